The van der Waals surface area contributed by atoms with E-state index in [0.717, 1.165) is 6.07 Å². The molecule has 30 heavy (non-hydrogen) atoms. The van der Waals surface area contributed by atoms with Crippen molar-refractivity contribution in [2.75, 3.05) is 12.4 Å². The predicted molar refractivity (Wildman–Crippen MR) is 109 cm³/mol. The second kappa shape index (κ2) is 7.62. The summed E-state index contributed by atoms with van der Waals surface area (Å²) in [7, 11) is 1.71. The molecule has 4 rings (SSSR count). The number of nitrogens with one attached hydrogen (secondary N) is 1. The molecule has 0 saturated carbocycles. The van der Waals surface area contributed by atoms with Crippen molar-refractivity contribution in [2.45, 2.75) is 13.1 Å². The zero-order valence-corrected chi connectivity index (χ0v) is 16.2. The lowest BCUT2D eigenvalue weighted by atomic mass is 10.0. The quantitative estimate of drug-likeness (QED) is 0.457. The molecule has 0 bridgehead atoms. The molecule has 0 radical (unpaired) electrons. The standard InChI is InChI=1S/C22H17F3N4O/c1-13-27-20(26-2)15-11-12-17(29-21(15)28-13)19-16(22(23,24)25)9-6-10-18(19)30-14-7-4-3-5-8-14/h3-12H,1-2H3,(H,26,27,28,29). The summed E-state index contributed by atoms with van der Waals surface area (Å²) >= 11 is 0. The molecule has 0 atom stereocenters. The number of anilines is 1. The number of aromatic nitrogens is 3. The highest BCUT2D eigenvalue weighted by Crippen LogP contribution is 2.43. The second-order valence-electron chi connectivity index (χ2n) is 6.53. The van der Waals surface area contributed by atoms with Gasteiger partial charge in [-0.2, -0.15) is 13.2 Å². The SMILES string of the molecule is CNc1nc(C)nc2nc(-c3c(Oc4ccccc4)cccc3C(F)(F)F)ccc12. The van der Waals surface area contributed by atoms with Crippen LogP contribution in [0.1, 0.15) is 11.4 Å². The molecule has 152 valence electrons. The molecule has 1 N–H and O–H groups in total. The summed E-state index contributed by atoms with van der Waals surface area (Å²) < 4.78 is 47.3. The van der Waals surface area contributed by atoms with E-state index in [-0.39, 0.29) is 17.0 Å². The van der Waals surface area contributed by atoms with Crippen molar-refractivity contribution >= 4 is 16.9 Å². The first-order chi connectivity index (χ1) is 14.4. The molecule has 0 aliphatic heterocycles. The van der Waals surface area contributed by atoms with Crippen molar-refractivity contribution in [3.63, 3.8) is 0 Å². The van der Waals surface area contributed by atoms with Crippen LogP contribution in [-0.2, 0) is 6.18 Å². The molecule has 0 aliphatic carbocycles. The van der Waals surface area contributed by atoms with Crippen LogP contribution in [0.15, 0.2) is 60.7 Å². The Morgan fingerprint density at radius 1 is 0.867 bits per heavy atom. The van der Waals surface area contributed by atoms with E-state index in [1.165, 1.54) is 18.2 Å². The Morgan fingerprint density at radius 2 is 1.63 bits per heavy atom. The number of halogens is 3. The molecule has 4 aromatic rings. The molecule has 0 aliphatic rings. The highest BCUT2D eigenvalue weighted by molar-refractivity contribution is 5.89. The third-order valence-electron chi connectivity index (χ3n) is 4.47. The van der Waals surface area contributed by atoms with Crippen molar-refractivity contribution in [3.05, 3.63) is 72.1 Å². The minimum atomic E-state index is -4.58. The molecule has 8 heteroatoms. The first-order valence-corrected chi connectivity index (χ1v) is 9.13. The number of alkyl halides is 3. The zero-order valence-electron chi connectivity index (χ0n) is 16.2. The van der Waals surface area contributed by atoms with Crippen LogP contribution in [0.25, 0.3) is 22.3 Å². The van der Waals surface area contributed by atoms with Crippen molar-refractivity contribution in [3.8, 4) is 22.8 Å². The van der Waals surface area contributed by atoms with Crippen LogP contribution in [0.4, 0.5) is 19.0 Å². The Bertz CT molecular complexity index is 1210. The van der Waals surface area contributed by atoms with Crippen LogP contribution < -0.4 is 10.1 Å². The number of para-hydroxylation sites is 1. The van der Waals surface area contributed by atoms with Gasteiger partial charge in [0, 0.05) is 7.05 Å². The molecule has 0 spiro atoms. The second-order valence-corrected chi connectivity index (χ2v) is 6.53. The van der Waals surface area contributed by atoms with Gasteiger partial charge in [0.2, 0.25) is 0 Å². The Morgan fingerprint density at radius 3 is 2.33 bits per heavy atom. The normalized spacial score (nSPS) is 11.5. The monoisotopic (exact) mass is 410 g/mol. The van der Waals surface area contributed by atoms with Crippen molar-refractivity contribution in [2.24, 2.45) is 0 Å². The van der Waals surface area contributed by atoms with Crippen molar-refractivity contribution < 1.29 is 17.9 Å². The summed E-state index contributed by atoms with van der Waals surface area (Å²) in [4.78, 5) is 13.0. The first-order valence-electron chi connectivity index (χ1n) is 9.13. The Labute approximate surface area is 170 Å². The molecule has 2 aromatic carbocycles. The summed E-state index contributed by atoms with van der Waals surface area (Å²) in [5, 5.41) is 3.57. The van der Waals surface area contributed by atoms with Gasteiger partial charge in [-0.25, -0.2) is 15.0 Å². The van der Waals surface area contributed by atoms with Gasteiger partial charge in [0.05, 0.1) is 22.2 Å². The Balaban J connectivity index is 1.94. The molecule has 2 aromatic heterocycles. The summed E-state index contributed by atoms with van der Waals surface area (Å²) in [6.45, 7) is 1.70. The van der Waals surface area contributed by atoms with E-state index in [9.17, 15) is 13.2 Å². The van der Waals surface area contributed by atoms with E-state index in [1.807, 2.05) is 0 Å². The number of rotatable bonds is 4. The number of hydrogen-bond acceptors (Lipinski definition) is 5. The fourth-order valence-electron chi connectivity index (χ4n) is 3.18. The van der Waals surface area contributed by atoms with Gasteiger partial charge >= 0.3 is 6.18 Å². The van der Waals surface area contributed by atoms with E-state index < -0.39 is 11.7 Å². The van der Waals surface area contributed by atoms with Crippen LogP contribution in [0.2, 0.25) is 0 Å². The highest BCUT2D eigenvalue weighted by Gasteiger charge is 2.35. The van der Waals surface area contributed by atoms with Gasteiger partial charge in [-0.15, -0.1) is 0 Å². The molecular formula is C22H17F3N4O. The minimum absolute atomic E-state index is 0.0579. The molecule has 0 unspecified atom stereocenters. The number of aryl methyl sites for hydroxylation is 1. The van der Waals surface area contributed by atoms with E-state index in [2.05, 4.69) is 20.3 Å². The average molecular weight is 410 g/mol. The number of pyridine rings is 1. The lowest BCUT2D eigenvalue weighted by molar-refractivity contribution is -0.137. The predicted octanol–water partition coefficient (Wildman–Crippen LogP) is 5.85. The van der Waals surface area contributed by atoms with Crippen LogP contribution in [0.5, 0.6) is 11.5 Å². The van der Waals surface area contributed by atoms with Crippen LogP contribution in [-0.4, -0.2) is 22.0 Å². The zero-order chi connectivity index (χ0) is 21.3. The molecule has 0 saturated heterocycles. The topological polar surface area (TPSA) is 59.9 Å². The first kappa shape index (κ1) is 19.6. The average Bonchev–Trinajstić information content (AvgIpc) is 2.72. The lowest BCUT2D eigenvalue weighted by Gasteiger charge is -2.17. The van der Waals surface area contributed by atoms with Gasteiger partial charge in [0.25, 0.3) is 0 Å². The van der Waals surface area contributed by atoms with Crippen LogP contribution in [0, 0.1) is 6.92 Å². The van der Waals surface area contributed by atoms with E-state index in [1.54, 1.807) is 50.4 Å². The van der Waals surface area contributed by atoms with Gasteiger partial charge < -0.3 is 10.1 Å². The van der Waals surface area contributed by atoms with E-state index in [0.29, 0.717) is 28.4 Å². The van der Waals surface area contributed by atoms with Crippen molar-refractivity contribution in [1.82, 2.24) is 15.0 Å². The summed E-state index contributed by atoms with van der Waals surface area (Å²) in [5.41, 5.74) is -0.561. The minimum Gasteiger partial charge on any atom is -0.457 e. The third kappa shape index (κ3) is 3.76. The Kier molecular flexibility index (Phi) is 4.99. The number of fused-ring (bicyclic) bond motifs is 1. The fraction of sp³-hybridized carbons (Fsp3) is 0.136. The number of benzene rings is 2. The molecule has 2 heterocycles. The van der Waals surface area contributed by atoms with Crippen LogP contribution >= 0.6 is 0 Å². The van der Waals surface area contributed by atoms with Gasteiger partial charge in [-0.3, -0.25) is 0 Å². The number of nitrogens with zero attached hydrogens (tertiary/aromatic N) is 3. The third-order valence-corrected chi connectivity index (χ3v) is 4.47. The van der Waals surface area contributed by atoms with Gasteiger partial charge in [0.15, 0.2) is 5.65 Å². The molecule has 5 nitrogen and oxygen atoms in total. The van der Waals surface area contributed by atoms with E-state index in [4.69, 9.17) is 4.74 Å². The van der Waals surface area contributed by atoms with Crippen molar-refractivity contribution in [1.29, 1.82) is 0 Å². The summed E-state index contributed by atoms with van der Waals surface area (Å²) in [6, 6.07) is 15.6. The maximum absolute atomic E-state index is 13.8. The van der Waals surface area contributed by atoms with Gasteiger partial charge in [-0.05, 0) is 43.3 Å². The number of ether oxygens (including phenoxy) is 1. The Hall–Kier alpha value is -3.68. The molecular weight excluding hydrogens is 393 g/mol. The van der Waals surface area contributed by atoms with Crippen LogP contribution in [0.3, 0.4) is 0 Å². The van der Waals surface area contributed by atoms with E-state index >= 15 is 0 Å². The van der Waals surface area contributed by atoms with Gasteiger partial charge in [-0.1, -0.05) is 24.3 Å². The fourth-order valence-corrected chi connectivity index (χ4v) is 3.18. The smallest absolute Gasteiger partial charge is 0.417 e. The molecule has 0 fully saturated rings. The summed E-state index contributed by atoms with van der Waals surface area (Å²) in [5.74, 6) is 1.50. The lowest BCUT2D eigenvalue weighted by Crippen LogP contribution is -2.09. The maximum Gasteiger partial charge on any atom is 0.417 e. The molecule has 0 amide bonds. The summed E-state index contributed by atoms with van der Waals surface area (Å²) in [6.07, 6.45) is -4.58. The largest absolute Gasteiger partial charge is 0.457 e. The number of hydrogen-bond donors (Lipinski definition) is 1. The van der Waals surface area contributed by atoms with Gasteiger partial charge in [0.1, 0.15) is 23.1 Å². The highest BCUT2D eigenvalue weighted by atomic mass is 19.4. The maximum atomic E-state index is 13.8.